The number of rotatable bonds is 5. The molecule has 0 saturated heterocycles. The third-order valence-corrected chi connectivity index (χ3v) is 3.44. The van der Waals surface area contributed by atoms with E-state index in [0.717, 1.165) is 17.5 Å². The Balaban J connectivity index is 2.23. The highest BCUT2D eigenvalue weighted by molar-refractivity contribution is 6.31. The monoisotopic (exact) mass is 291 g/mol. The molecule has 0 saturated carbocycles. The van der Waals surface area contributed by atoms with Crippen molar-refractivity contribution >= 4 is 11.6 Å². The van der Waals surface area contributed by atoms with E-state index in [0.29, 0.717) is 22.9 Å². The van der Waals surface area contributed by atoms with Crippen LogP contribution in [0.3, 0.4) is 0 Å². The Hall–Kier alpha value is -1.58. The van der Waals surface area contributed by atoms with Crippen molar-refractivity contribution in [3.8, 4) is 5.75 Å². The number of aliphatic hydroxyl groups is 1. The molecule has 0 aliphatic heterocycles. The van der Waals surface area contributed by atoms with Crippen LogP contribution in [0.2, 0.25) is 5.02 Å². The number of pyridine rings is 1. The summed E-state index contributed by atoms with van der Waals surface area (Å²) in [6, 6.07) is 7.35. The average molecular weight is 292 g/mol. The molecule has 0 aliphatic rings. The normalized spacial score (nSPS) is 12.2. The van der Waals surface area contributed by atoms with Gasteiger partial charge in [-0.15, -0.1) is 0 Å². The summed E-state index contributed by atoms with van der Waals surface area (Å²) in [5.41, 5.74) is 2.43. The molecule has 1 N–H and O–H groups in total. The zero-order valence-corrected chi connectivity index (χ0v) is 12.4. The first-order valence-electron chi connectivity index (χ1n) is 6.63. The van der Waals surface area contributed by atoms with Gasteiger partial charge in [-0.2, -0.15) is 0 Å². The van der Waals surface area contributed by atoms with Crippen LogP contribution in [0, 0.1) is 6.92 Å². The predicted molar refractivity (Wildman–Crippen MR) is 80.3 cm³/mol. The summed E-state index contributed by atoms with van der Waals surface area (Å²) in [5, 5.41) is 11.0. The Kier molecular flexibility index (Phi) is 4.99. The molecule has 0 fully saturated rings. The molecule has 0 spiro atoms. The van der Waals surface area contributed by atoms with Gasteiger partial charge in [-0.3, -0.25) is 4.98 Å². The second kappa shape index (κ2) is 6.73. The summed E-state index contributed by atoms with van der Waals surface area (Å²) in [4.78, 5) is 4.11. The van der Waals surface area contributed by atoms with E-state index in [2.05, 4.69) is 4.98 Å². The Morgan fingerprint density at radius 3 is 2.75 bits per heavy atom. The summed E-state index contributed by atoms with van der Waals surface area (Å²) in [6.07, 6.45) is 3.46. The zero-order chi connectivity index (χ0) is 14.5. The largest absolute Gasteiger partial charge is 0.492 e. The van der Waals surface area contributed by atoms with Crippen molar-refractivity contribution < 1.29 is 9.84 Å². The topological polar surface area (TPSA) is 42.4 Å². The van der Waals surface area contributed by atoms with E-state index in [1.807, 2.05) is 26.0 Å². The number of benzene rings is 1. The minimum atomic E-state index is -0.759. The van der Waals surface area contributed by atoms with Crippen molar-refractivity contribution in [2.24, 2.45) is 0 Å². The number of aromatic nitrogens is 1. The molecule has 2 rings (SSSR count). The summed E-state index contributed by atoms with van der Waals surface area (Å²) in [5.74, 6) is 0.668. The summed E-state index contributed by atoms with van der Waals surface area (Å²) >= 11 is 6.09. The molecule has 1 aromatic carbocycles. The molecule has 0 aliphatic carbocycles. The lowest BCUT2D eigenvalue weighted by molar-refractivity contribution is 0.218. The third kappa shape index (κ3) is 3.50. The lowest BCUT2D eigenvalue weighted by Crippen LogP contribution is -2.02. The summed E-state index contributed by atoms with van der Waals surface area (Å²) in [6.45, 7) is 4.61. The van der Waals surface area contributed by atoms with Crippen LogP contribution in [0.1, 0.15) is 36.1 Å². The lowest BCUT2D eigenvalue weighted by Gasteiger charge is -2.13. The molecule has 106 valence electrons. The Bertz CT molecular complexity index is 586. The van der Waals surface area contributed by atoms with Gasteiger partial charge >= 0.3 is 0 Å². The van der Waals surface area contributed by atoms with Crippen LogP contribution in [0.25, 0.3) is 0 Å². The zero-order valence-electron chi connectivity index (χ0n) is 11.6. The van der Waals surface area contributed by atoms with Crippen LogP contribution in [0.5, 0.6) is 5.75 Å². The first kappa shape index (κ1) is 14.8. The molecule has 0 amide bonds. The highest BCUT2D eigenvalue weighted by atomic mass is 35.5. The van der Waals surface area contributed by atoms with E-state index >= 15 is 0 Å². The molecule has 1 heterocycles. The molecule has 4 heteroatoms. The first-order chi connectivity index (χ1) is 9.61. The second-order valence-electron chi connectivity index (χ2n) is 4.71. The van der Waals surface area contributed by atoms with Gasteiger partial charge in [0, 0.05) is 16.8 Å². The molecule has 20 heavy (non-hydrogen) atoms. The minimum Gasteiger partial charge on any atom is -0.492 e. The number of hydrogen-bond donors (Lipinski definition) is 1. The van der Waals surface area contributed by atoms with Gasteiger partial charge in [0.25, 0.3) is 0 Å². The van der Waals surface area contributed by atoms with Gasteiger partial charge in [0.2, 0.25) is 0 Å². The van der Waals surface area contributed by atoms with Crippen molar-refractivity contribution in [3.05, 3.63) is 58.4 Å². The van der Waals surface area contributed by atoms with E-state index in [1.165, 1.54) is 0 Å². The third-order valence-electron chi connectivity index (χ3n) is 3.03. The second-order valence-corrected chi connectivity index (χ2v) is 5.12. The van der Waals surface area contributed by atoms with Crippen molar-refractivity contribution in [1.82, 2.24) is 4.98 Å². The number of hydrogen-bond acceptors (Lipinski definition) is 3. The highest BCUT2D eigenvalue weighted by Crippen LogP contribution is 2.27. The van der Waals surface area contributed by atoms with E-state index < -0.39 is 6.10 Å². The van der Waals surface area contributed by atoms with Crippen molar-refractivity contribution in [1.29, 1.82) is 0 Å². The number of halogens is 1. The van der Waals surface area contributed by atoms with Gasteiger partial charge in [0.05, 0.1) is 12.8 Å². The van der Waals surface area contributed by atoms with Crippen molar-refractivity contribution in [2.75, 3.05) is 6.61 Å². The smallest absolute Gasteiger partial charge is 0.137 e. The maximum absolute atomic E-state index is 10.4. The van der Waals surface area contributed by atoms with Gasteiger partial charge < -0.3 is 9.84 Å². The summed E-state index contributed by atoms with van der Waals surface area (Å²) in [7, 11) is 0. The predicted octanol–water partition coefficient (Wildman–Crippen LogP) is 3.91. The van der Waals surface area contributed by atoms with E-state index in [1.54, 1.807) is 24.5 Å². The number of aliphatic hydroxyl groups excluding tert-OH is 1. The SMILES string of the molecule is CCCOc1cncc(C(O)c2ccc(C)c(Cl)c2)c1. The molecular formula is C16H18ClNO2. The van der Waals surface area contributed by atoms with E-state index in [9.17, 15) is 5.11 Å². The Morgan fingerprint density at radius 2 is 2.05 bits per heavy atom. The number of nitrogens with zero attached hydrogens (tertiary/aromatic N) is 1. The van der Waals surface area contributed by atoms with Gasteiger partial charge in [0.15, 0.2) is 0 Å². The molecule has 3 nitrogen and oxygen atoms in total. The van der Waals surface area contributed by atoms with Gasteiger partial charge in [-0.25, -0.2) is 0 Å². The average Bonchev–Trinajstić information content (AvgIpc) is 2.47. The maximum Gasteiger partial charge on any atom is 0.137 e. The maximum atomic E-state index is 10.4. The van der Waals surface area contributed by atoms with Crippen LogP contribution in [0.4, 0.5) is 0 Å². The quantitative estimate of drug-likeness (QED) is 0.908. The number of aryl methyl sites for hydroxylation is 1. The van der Waals surface area contributed by atoms with Gasteiger partial charge in [-0.05, 0) is 36.6 Å². The molecule has 1 aromatic heterocycles. The Labute approximate surface area is 124 Å². The first-order valence-corrected chi connectivity index (χ1v) is 7.01. The fraction of sp³-hybridized carbons (Fsp3) is 0.312. The Morgan fingerprint density at radius 1 is 1.25 bits per heavy atom. The minimum absolute atomic E-state index is 0.636. The molecule has 0 radical (unpaired) electrons. The number of ether oxygens (including phenoxy) is 1. The standard InChI is InChI=1S/C16H18ClNO2/c1-3-6-20-14-7-13(9-18-10-14)16(19)12-5-4-11(2)15(17)8-12/h4-5,7-10,16,19H,3,6H2,1-2H3. The van der Waals surface area contributed by atoms with Crippen LogP contribution in [-0.2, 0) is 0 Å². The fourth-order valence-electron chi connectivity index (χ4n) is 1.86. The molecule has 0 bridgehead atoms. The highest BCUT2D eigenvalue weighted by Gasteiger charge is 2.13. The summed E-state index contributed by atoms with van der Waals surface area (Å²) < 4.78 is 5.53. The van der Waals surface area contributed by atoms with Gasteiger partial charge in [-0.1, -0.05) is 30.7 Å². The van der Waals surface area contributed by atoms with Crippen LogP contribution in [0.15, 0.2) is 36.7 Å². The van der Waals surface area contributed by atoms with E-state index in [-0.39, 0.29) is 0 Å². The van der Waals surface area contributed by atoms with Crippen molar-refractivity contribution in [3.63, 3.8) is 0 Å². The van der Waals surface area contributed by atoms with Crippen LogP contribution in [-0.4, -0.2) is 16.7 Å². The molecule has 1 atom stereocenters. The van der Waals surface area contributed by atoms with Crippen LogP contribution >= 0.6 is 11.6 Å². The van der Waals surface area contributed by atoms with E-state index in [4.69, 9.17) is 16.3 Å². The fourth-order valence-corrected chi connectivity index (χ4v) is 2.04. The molecule has 1 unspecified atom stereocenters. The molecular weight excluding hydrogens is 274 g/mol. The molecule has 2 aromatic rings. The lowest BCUT2D eigenvalue weighted by atomic mass is 10.0. The van der Waals surface area contributed by atoms with Crippen molar-refractivity contribution in [2.45, 2.75) is 26.4 Å². The van der Waals surface area contributed by atoms with Gasteiger partial charge in [0.1, 0.15) is 11.9 Å². The van der Waals surface area contributed by atoms with Crippen LogP contribution < -0.4 is 4.74 Å².